The van der Waals surface area contributed by atoms with Gasteiger partial charge in [-0.05, 0) is 94.0 Å². The monoisotopic (exact) mass is 692 g/mol. The molecule has 0 atom stereocenters. The second kappa shape index (κ2) is 11.9. The topological polar surface area (TPSA) is 8.17 Å². The summed E-state index contributed by atoms with van der Waals surface area (Å²) < 4.78 is 4.97. The van der Waals surface area contributed by atoms with E-state index in [1.165, 1.54) is 80.3 Å². The van der Waals surface area contributed by atoms with Crippen LogP contribution in [0.3, 0.4) is 0 Å². The van der Waals surface area contributed by atoms with Gasteiger partial charge in [0.15, 0.2) is 0 Å². The molecule has 0 aliphatic rings. The van der Waals surface area contributed by atoms with Crippen LogP contribution in [-0.2, 0) is 0 Å². The summed E-state index contributed by atoms with van der Waals surface area (Å²) in [7, 11) is 0. The van der Waals surface area contributed by atoms with Gasteiger partial charge in [0, 0.05) is 43.0 Å². The van der Waals surface area contributed by atoms with E-state index in [4.69, 9.17) is 0 Å². The Balaban J connectivity index is 1.24. The van der Waals surface area contributed by atoms with Gasteiger partial charge in [-0.1, -0.05) is 127 Å². The first-order valence-corrected chi connectivity index (χ1v) is 18.9. The molecule has 0 bridgehead atoms. The normalized spacial score (nSPS) is 11.8. The summed E-state index contributed by atoms with van der Waals surface area (Å²) in [6, 6.07) is 71.0. The third-order valence-corrected chi connectivity index (χ3v) is 11.9. The second-order valence-corrected chi connectivity index (χ2v) is 14.8. The summed E-state index contributed by atoms with van der Waals surface area (Å²) in [5.74, 6) is 0. The van der Waals surface area contributed by atoms with Crippen molar-refractivity contribution in [1.82, 2.24) is 4.57 Å². The first-order valence-electron chi connectivity index (χ1n) is 18.1. The minimum absolute atomic E-state index is 1.12. The Kier molecular flexibility index (Phi) is 6.76. The van der Waals surface area contributed by atoms with E-state index in [2.05, 4.69) is 204 Å². The van der Waals surface area contributed by atoms with Crippen molar-refractivity contribution in [2.24, 2.45) is 0 Å². The fourth-order valence-corrected chi connectivity index (χ4v) is 9.52. The number of anilines is 3. The van der Waals surface area contributed by atoms with Crippen molar-refractivity contribution < 1.29 is 0 Å². The quantitative estimate of drug-likeness (QED) is 0.174. The van der Waals surface area contributed by atoms with Crippen LogP contribution >= 0.6 is 11.3 Å². The number of hydrogen-bond acceptors (Lipinski definition) is 2. The van der Waals surface area contributed by atoms with Crippen LogP contribution in [-0.4, -0.2) is 4.57 Å². The fourth-order valence-electron chi connectivity index (χ4n) is 8.28. The van der Waals surface area contributed by atoms with Gasteiger partial charge in [-0.15, -0.1) is 11.3 Å². The van der Waals surface area contributed by atoms with Crippen LogP contribution in [0.15, 0.2) is 194 Å². The third-order valence-electron chi connectivity index (χ3n) is 10.7. The number of nitrogens with zero attached hydrogens (tertiary/aromatic N) is 2. The highest BCUT2D eigenvalue weighted by Gasteiger charge is 2.23. The molecule has 0 amide bonds. The van der Waals surface area contributed by atoms with Crippen LogP contribution in [0.1, 0.15) is 0 Å². The minimum atomic E-state index is 1.12. The van der Waals surface area contributed by atoms with Crippen LogP contribution < -0.4 is 4.90 Å². The molecule has 0 spiro atoms. The molecule has 11 aromatic rings. The molecule has 0 saturated carbocycles. The third kappa shape index (κ3) is 4.78. The summed E-state index contributed by atoms with van der Waals surface area (Å²) in [5.41, 5.74) is 9.40. The zero-order chi connectivity index (χ0) is 34.9. The molecule has 53 heavy (non-hydrogen) atoms. The van der Waals surface area contributed by atoms with Crippen LogP contribution in [0.5, 0.6) is 0 Å². The van der Waals surface area contributed by atoms with E-state index in [1.54, 1.807) is 0 Å². The van der Waals surface area contributed by atoms with Crippen LogP contribution in [0.4, 0.5) is 17.1 Å². The van der Waals surface area contributed by atoms with Gasteiger partial charge in [0.05, 0.1) is 27.1 Å². The highest BCUT2D eigenvalue weighted by Crippen LogP contribution is 2.49. The first kappa shape index (κ1) is 30.0. The number of thiophene rings is 1. The number of rotatable bonds is 5. The average molecular weight is 693 g/mol. The molecule has 0 aliphatic heterocycles. The average Bonchev–Trinajstić information content (AvgIpc) is 3.76. The first-order chi connectivity index (χ1) is 26.3. The smallest absolute Gasteiger partial charge is 0.0640 e. The number of fused-ring (bicyclic) bond motifs is 8. The van der Waals surface area contributed by atoms with E-state index in [1.807, 2.05) is 11.3 Å². The van der Waals surface area contributed by atoms with Gasteiger partial charge in [0.2, 0.25) is 0 Å². The molecule has 0 fully saturated rings. The molecule has 0 radical (unpaired) electrons. The Hall–Kier alpha value is -6.68. The van der Waals surface area contributed by atoms with E-state index in [9.17, 15) is 0 Å². The Labute approximate surface area is 311 Å². The summed E-state index contributed by atoms with van der Waals surface area (Å²) in [5, 5.41) is 10.0. The van der Waals surface area contributed by atoms with Crippen LogP contribution in [0.25, 0.3) is 80.3 Å². The van der Waals surface area contributed by atoms with Gasteiger partial charge < -0.3 is 9.47 Å². The van der Waals surface area contributed by atoms with Crippen LogP contribution in [0.2, 0.25) is 0 Å². The zero-order valence-electron chi connectivity index (χ0n) is 28.8. The van der Waals surface area contributed by atoms with E-state index in [0.717, 1.165) is 17.1 Å². The van der Waals surface area contributed by atoms with Crippen molar-refractivity contribution in [3.05, 3.63) is 194 Å². The van der Waals surface area contributed by atoms with Crippen molar-refractivity contribution in [2.45, 2.75) is 0 Å². The van der Waals surface area contributed by atoms with Gasteiger partial charge in [0.25, 0.3) is 0 Å². The lowest BCUT2D eigenvalue weighted by Gasteiger charge is -2.28. The Bertz CT molecular complexity index is 3170. The fraction of sp³-hybridized carbons (Fsp3) is 0. The molecule has 9 aromatic carbocycles. The molecular formula is C50H32N2S. The maximum absolute atomic E-state index is 2.51. The van der Waals surface area contributed by atoms with Gasteiger partial charge in [-0.2, -0.15) is 0 Å². The predicted molar refractivity (Wildman–Crippen MR) is 229 cm³/mol. The summed E-state index contributed by atoms with van der Waals surface area (Å²) in [6.07, 6.45) is 0. The molecule has 2 aromatic heterocycles. The van der Waals surface area contributed by atoms with Crippen LogP contribution in [0, 0.1) is 0 Å². The number of hydrogen-bond donors (Lipinski definition) is 0. The van der Waals surface area contributed by atoms with E-state index in [-0.39, 0.29) is 0 Å². The SMILES string of the molecule is c1ccc(-c2cc(N(c3ccc4c(c3)c3ccccc3n4-c3ccccc3)c3cccc4c3sc3cc5ccccc5cc34)c3ccccc3c2)cc1. The Morgan fingerprint density at radius 1 is 0.377 bits per heavy atom. The molecule has 248 valence electrons. The van der Waals surface area contributed by atoms with Crippen molar-refractivity contribution >= 4 is 91.9 Å². The van der Waals surface area contributed by atoms with Crippen molar-refractivity contribution in [2.75, 3.05) is 4.90 Å². The molecule has 0 unspecified atom stereocenters. The predicted octanol–water partition coefficient (Wildman–Crippen LogP) is 14.6. The molecule has 11 rings (SSSR count). The molecule has 2 heterocycles. The zero-order valence-corrected chi connectivity index (χ0v) is 29.6. The van der Waals surface area contributed by atoms with E-state index in [0.29, 0.717) is 0 Å². The minimum Gasteiger partial charge on any atom is -0.309 e. The lowest BCUT2D eigenvalue weighted by atomic mass is 9.98. The maximum Gasteiger partial charge on any atom is 0.0640 e. The van der Waals surface area contributed by atoms with Crippen molar-refractivity contribution in [1.29, 1.82) is 0 Å². The second-order valence-electron chi connectivity index (χ2n) is 13.8. The molecule has 2 nitrogen and oxygen atoms in total. The molecular weight excluding hydrogens is 661 g/mol. The summed E-state index contributed by atoms with van der Waals surface area (Å²) in [6.45, 7) is 0. The van der Waals surface area contributed by atoms with Gasteiger partial charge in [-0.3, -0.25) is 0 Å². The lowest BCUT2D eigenvalue weighted by Crippen LogP contribution is -2.11. The number of aromatic nitrogens is 1. The lowest BCUT2D eigenvalue weighted by molar-refractivity contribution is 1.18. The highest BCUT2D eigenvalue weighted by atomic mass is 32.1. The molecule has 0 saturated heterocycles. The Morgan fingerprint density at radius 3 is 1.87 bits per heavy atom. The van der Waals surface area contributed by atoms with Crippen molar-refractivity contribution in [3.8, 4) is 16.8 Å². The number of benzene rings is 9. The van der Waals surface area contributed by atoms with Gasteiger partial charge in [0.1, 0.15) is 0 Å². The largest absolute Gasteiger partial charge is 0.309 e. The van der Waals surface area contributed by atoms with Gasteiger partial charge in [-0.25, -0.2) is 0 Å². The van der Waals surface area contributed by atoms with Gasteiger partial charge >= 0.3 is 0 Å². The molecule has 0 aliphatic carbocycles. The maximum atomic E-state index is 2.51. The Morgan fingerprint density at radius 2 is 1.04 bits per heavy atom. The standard InChI is InChI=1S/C50H32N2S/c1-3-14-33(15-4-1)37-28-36-18-9-10-21-40(36)48(30-37)52(47-25-13-23-42-44-29-34-16-7-8-17-35(34)31-49(44)53-50(42)47)39-26-27-46-43(32-39)41-22-11-12-24-45(41)51(46)38-19-5-2-6-20-38/h1-32H. The number of para-hydroxylation sites is 2. The molecule has 3 heteroatoms. The van der Waals surface area contributed by atoms with Crippen molar-refractivity contribution in [3.63, 3.8) is 0 Å². The van der Waals surface area contributed by atoms with E-state index < -0.39 is 0 Å². The summed E-state index contributed by atoms with van der Waals surface area (Å²) in [4.78, 5) is 2.51. The highest BCUT2D eigenvalue weighted by molar-refractivity contribution is 7.26. The van der Waals surface area contributed by atoms with E-state index >= 15 is 0 Å². The molecule has 0 N–H and O–H groups in total. The summed E-state index contributed by atoms with van der Waals surface area (Å²) >= 11 is 1.89.